The molecule has 102 valence electrons. The fourth-order valence-corrected chi connectivity index (χ4v) is 2.50. The molecule has 17 heavy (non-hydrogen) atoms. The summed E-state index contributed by atoms with van der Waals surface area (Å²) in [7, 11) is 0. The molecule has 0 aromatic rings. The van der Waals surface area contributed by atoms with Crippen molar-refractivity contribution in [1.29, 1.82) is 0 Å². The molecule has 0 atom stereocenters. The van der Waals surface area contributed by atoms with E-state index in [1.54, 1.807) is 6.92 Å². The van der Waals surface area contributed by atoms with Crippen molar-refractivity contribution >= 4 is 5.78 Å². The van der Waals surface area contributed by atoms with Gasteiger partial charge in [0, 0.05) is 6.42 Å². The van der Waals surface area contributed by atoms with E-state index < -0.39 is 0 Å². The van der Waals surface area contributed by atoms with E-state index in [9.17, 15) is 4.79 Å². The van der Waals surface area contributed by atoms with Crippen molar-refractivity contribution in [3.63, 3.8) is 0 Å². The molecule has 0 aromatic carbocycles. The van der Waals surface area contributed by atoms with Crippen LogP contribution in [-0.2, 0) is 4.79 Å². The Hall–Kier alpha value is -0.330. The molecule has 1 nitrogen and oxygen atoms in total. The van der Waals surface area contributed by atoms with Crippen LogP contribution in [0.1, 0.15) is 91.9 Å². The Morgan fingerprint density at radius 1 is 0.882 bits per heavy atom. The first-order valence-electron chi connectivity index (χ1n) is 7.47. The van der Waals surface area contributed by atoms with Crippen molar-refractivity contribution in [1.82, 2.24) is 0 Å². The second-order valence-corrected chi connectivity index (χ2v) is 6.27. The first-order chi connectivity index (χ1) is 7.98. The summed E-state index contributed by atoms with van der Waals surface area (Å²) in [5, 5.41) is 0. The Balaban J connectivity index is 3.35. The molecule has 0 N–H and O–H groups in total. The lowest BCUT2D eigenvalue weighted by Crippen LogP contribution is -2.15. The van der Waals surface area contributed by atoms with Gasteiger partial charge in [-0.15, -0.1) is 0 Å². The van der Waals surface area contributed by atoms with Crippen LogP contribution in [0.4, 0.5) is 0 Å². The van der Waals surface area contributed by atoms with Gasteiger partial charge in [0.1, 0.15) is 5.78 Å². The topological polar surface area (TPSA) is 17.1 Å². The third-order valence-electron chi connectivity index (χ3n) is 3.43. The maximum absolute atomic E-state index is 11.1. The lowest BCUT2D eigenvalue weighted by molar-refractivity contribution is -0.118. The van der Waals surface area contributed by atoms with Crippen LogP contribution >= 0.6 is 0 Å². The summed E-state index contributed by atoms with van der Waals surface area (Å²) >= 11 is 0. The second-order valence-electron chi connectivity index (χ2n) is 6.27. The number of hydrogen-bond donors (Lipinski definition) is 0. The van der Waals surface area contributed by atoms with Crippen LogP contribution in [0.15, 0.2) is 0 Å². The molecule has 0 unspecified atom stereocenters. The van der Waals surface area contributed by atoms with Crippen molar-refractivity contribution in [3.8, 4) is 0 Å². The van der Waals surface area contributed by atoms with E-state index in [1.807, 2.05) is 0 Å². The van der Waals surface area contributed by atoms with Crippen LogP contribution in [0.2, 0.25) is 0 Å². The van der Waals surface area contributed by atoms with Crippen LogP contribution in [-0.4, -0.2) is 5.78 Å². The first-order valence-corrected chi connectivity index (χ1v) is 7.47. The van der Waals surface area contributed by atoms with Crippen LogP contribution in [0.5, 0.6) is 0 Å². The average molecular weight is 240 g/mol. The Labute approximate surface area is 108 Å². The van der Waals surface area contributed by atoms with Gasteiger partial charge in [-0.25, -0.2) is 0 Å². The Morgan fingerprint density at radius 3 is 1.82 bits per heavy atom. The van der Waals surface area contributed by atoms with Gasteiger partial charge in [-0.3, -0.25) is 0 Å². The van der Waals surface area contributed by atoms with Crippen molar-refractivity contribution < 1.29 is 4.79 Å². The van der Waals surface area contributed by atoms with Gasteiger partial charge in [-0.05, 0) is 18.8 Å². The van der Waals surface area contributed by atoms with Crippen molar-refractivity contribution in [2.45, 2.75) is 91.9 Å². The number of carbonyl (C=O) groups excluding carboxylic acids is 1. The standard InChI is InChI=1S/C16H32O/c1-5-6-7-8-9-10-11-12-13-16(3,4)14-15(2)17/h5-14H2,1-4H3. The van der Waals surface area contributed by atoms with E-state index in [0.717, 1.165) is 6.42 Å². The van der Waals surface area contributed by atoms with Crippen molar-refractivity contribution in [2.24, 2.45) is 5.41 Å². The third-order valence-corrected chi connectivity index (χ3v) is 3.43. The third kappa shape index (κ3) is 11.9. The fourth-order valence-electron chi connectivity index (χ4n) is 2.50. The predicted octanol–water partition coefficient (Wildman–Crippen LogP) is 5.52. The van der Waals surface area contributed by atoms with E-state index in [0.29, 0.717) is 5.78 Å². The summed E-state index contributed by atoms with van der Waals surface area (Å²) < 4.78 is 0. The molecule has 0 bridgehead atoms. The van der Waals surface area contributed by atoms with Crippen LogP contribution in [0, 0.1) is 5.41 Å². The predicted molar refractivity (Wildman–Crippen MR) is 76.3 cm³/mol. The maximum atomic E-state index is 11.1. The lowest BCUT2D eigenvalue weighted by Gasteiger charge is -2.22. The quantitative estimate of drug-likeness (QED) is 0.434. The Bertz CT molecular complexity index is 194. The molecule has 0 aromatic heterocycles. The summed E-state index contributed by atoms with van der Waals surface area (Å²) in [6.07, 6.45) is 12.9. The molecule has 0 rings (SSSR count). The fraction of sp³-hybridized carbons (Fsp3) is 0.938. The highest BCUT2D eigenvalue weighted by atomic mass is 16.1. The molecule has 0 aliphatic rings. The SMILES string of the molecule is CCCCCCCCCCC(C)(C)CC(C)=O. The molecule has 0 aliphatic heterocycles. The van der Waals surface area contributed by atoms with Gasteiger partial charge < -0.3 is 4.79 Å². The zero-order valence-electron chi connectivity index (χ0n) is 12.5. The second kappa shape index (κ2) is 9.67. The Morgan fingerprint density at radius 2 is 1.35 bits per heavy atom. The van der Waals surface area contributed by atoms with E-state index in [2.05, 4.69) is 20.8 Å². The largest absolute Gasteiger partial charge is 0.300 e. The summed E-state index contributed by atoms with van der Waals surface area (Å²) in [4.78, 5) is 11.1. The Kier molecular flexibility index (Phi) is 9.49. The molecular formula is C16H32O. The number of Topliss-reactive ketones (excluding diaryl/α,β-unsaturated/α-hetero) is 1. The number of ketones is 1. The number of carbonyl (C=O) groups is 1. The molecule has 0 heterocycles. The zero-order valence-corrected chi connectivity index (χ0v) is 12.5. The van der Waals surface area contributed by atoms with Gasteiger partial charge >= 0.3 is 0 Å². The van der Waals surface area contributed by atoms with Gasteiger partial charge in [-0.1, -0.05) is 72.1 Å². The minimum absolute atomic E-state index is 0.216. The highest BCUT2D eigenvalue weighted by Crippen LogP contribution is 2.28. The smallest absolute Gasteiger partial charge is 0.130 e. The molecule has 0 fully saturated rings. The zero-order chi connectivity index (χ0) is 13.1. The molecule has 0 amide bonds. The monoisotopic (exact) mass is 240 g/mol. The summed E-state index contributed by atoms with van der Waals surface area (Å²) in [6.45, 7) is 8.40. The van der Waals surface area contributed by atoms with Crippen LogP contribution in [0.3, 0.4) is 0 Å². The van der Waals surface area contributed by atoms with Gasteiger partial charge in [-0.2, -0.15) is 0 Å². The molecule has 0 radical (unpaired) electrons. The first kappa shape index (κ1) is 16.7. The maximum Gasteiger partial charge on any atom is 0.130 e. The molecule has 0 saturated carbocycles. The van der Waals surface area contributed by atoms with E-state index >= 15 is 0 Å². The van der Waals surface area contributed by atoms with Gasteiger partial charge in [0.15, 0.2) is 0 Å². The van der Waals surface area contributed by atoms with E-state index in [1.165, 1.54) is 57.8 Å². The van der Waals surface area contributed by atoms with Gasteiger partial charge in [0.2, 0.25) is 0 Å². The van der Waals surface area contributed by atoms with Crippen molar-refractivity contribution in [3.05, 3.63) is 0 Å². The van der Waals surface area contributed by atoms with Crippen LogP contribution < -0.4 is 0 Å². The highest BCUT2D eigenvalue weighted by Gasteiger charge is 2.18. The summed E-state index contributed by atoms with van der Waals surface area (Å²) in [5.41, 5.74) is 0.216. The lowest BCUT2D eigenvalue weighted by atomic mass is 9.82. The van der Waals surface area contributed by atoms with Crippen molar-refractivity contribution in [2.75, 3.05) is 0 Å². The van der Waals surface area contributed by atoms with E-state index in [4.69, 9.17) is 0 Å². The summed E-state index contributed by atoms with van der Waals surface area (Å²) in [6, 6.07) is 0. The van der Waals surface area contributed by atoms with E-state index in [-0.39, 0.29) is 5.41 Å². The van der Waals surface area contributed by atoms with Gasteiger partial charge in [0.25, 0.3) is 0 Å². The normalized spacial score (nSPS) is 11.8. The van der Waals surface area contributed by atoms with Crippen LogP contribution in [0.25, 0.3) is 0 Å². The molecule has 0 saturated heterocycles. The number of hydrogen-bond acceptors (Lipinski definition) is 1. The minimum atomic E-state index is 0.216. The highest BCUT2D eigenvalue weighted by molar-refractivity contribution is 5.76. The average Bonchev–Trinajstić information content (AvgIpc) is 2.20. The molecule has 1 heteroatoms. The number of unbranched alkanes of at least 4 members (excludes halogenated alkanes) is 7. The molecule has 0 aliphatic carbocycles. The number of rotatable bonds is 11. The molecule has 0 spiro atoms. The van der Waals surface area contributed by atoms with Gasteiger partial charge in [0.05, 0.1) is 0 Å². The summed E-state index contributed by atoms with van der Waals surface area (Å²) in [5.74, 6) is 0.328. The minimum Gasteiger partial charge on any atom is -0.300 e. The molecular weight excluding hydrogens is 208 g/mol.